The lowest BCUT2D eigenvalue weighted by Crippen LogP contribution is -2.38. The first kappa shape index (κ1) is 21.4. The summed E-state index contributed by atoms with van der Waals surface area (Å²) in [5, 5.41) is 6.02. The van der Waals surface area contributed by atoms with Gasteiger partial charge < -0.3 is 10.6 Å². The molecule has 146 valence electrons. The molecule has 0 saturated heterocycles. The number of rotatable bonds is 5. The molecule has 1 aliphatic rings. The van der Waals surface area contributed by atoms with Crippen LogP contribution in [0.5, 0.6) is 0 Å². The fourth-order valence-electron chi connectivity index (χ4n) is 3.14. The molecular weight excluding hydrogens is 386 g/mol. The first-order valence-corrected chi connectivity index (χ1v) is 10.0. The molecule has 0 bridgehead atoms. The Labute approximate surface area is 166 Å². The van der Waals surface area contributed by atoms with E-state index in [0.29, 0.717) is 5.69 Å². The van der Waals surface area contributed by atoms with Gasteiger partial charge in [0.1, 0.15) is 0 Å². The van der Waals surface area contributed by atoms with Crippen molar-refractivity contribution in [1.82, 2.24) is 10.0 Å². The third kappa shape index (κ3) is 5.07. The molecule has 0 spiro atoms. The number of halogens is 1. The fraction of sp³-hybridized carbons (Fsp3) is 0.316. The predicted molar refractivity (Wildman–Crippen MR) is 109 cm³/mol. The van der Waals surface area contributed by atoms with Crippen LogP contribution in [0.4, 0.5) is 5.69 Å². The van der Waals surface area contributed by atoms with Gasteiger partial charge in [0.25, 0.3) is 0 Å². The SMILES string of the molecule is CC(=O)Nc1cc(S(=O)(=O)NCC2NCCc3ccccc32)ccc1C.Cl. The highest BCUT2D eigenvalue weighted by Crippen LogP contribution is 2.23. The van der Waals surface area contributed by atoms with E-state index in [9.17, 15) is 13.2 Å². The number of anilines is 1. The Morgan fingerprint density at radius 2 is 1.96 bits per heavy atom. The van der Waals surface area contributed by atoms with Gasteiger partial charge in [-0.1, -0.05) is 30.3 Å². The van der Waals surface area contributed by atoms with Gasteiger partial charge in [-0.15, -0.1) is 12.4 Å². The summed E-state index contributed by atoms with van der Waals surface area (Å²) in [7, 11) is -3.68. The van der Waals surface area contributed by atoms with Crippen molar-refractivity contribution in [1.29, 1.82) is 0 Å². The predicted octanol–water partition coefficient (Wildman–Crippen LogP) is 2.54. The molecule has 3 rings (SSSR count). The smallest absolute Gasteiger partial charge is 0.240 e. The Hall–Kier alpha value is -1.93. The fourth-order valence-corrected chi connectivity index (χ4v) is 4.22. The van der Waals surface area contributed by atoms with Crippen LogP contribution in [0.3, 0.4) is 0 Å². The van der Waals surface area contributed by atoms with E-state index in [-0.39, 0.29) is 35.8 Å². The van der Waals surface area contributed by atoms with Gasteiger partial charge in [0, 0.05) is 25.2 Å². The van der Waals surface area contributed by atoms with Crippen molar-refractivity contribution < 1.29 is 13.2 Å². The molecule has 2 aromatic carbocycles. The molecule has 0 radical (unpaired) electrons. The van der Waals surface area contributed by atoms with Crippen molar-refractivity contribution in [3.8, 4) is 0 Å². The summed E-state index contributed by atoms with van der Waals surface area (Å²) < 4.78 is 28.1. The number of amides is 1. The van der Waals surface area contributed by atoms with Gasteiger partial charge in [0.15, 0.2) is 0 Å². The maximum atomic E-state index is 12.7. The molecule has 0 fully saturated rings. The molecular formula is C19H24ClN3O3S. The normalized spacial score (nSPS) is 16.1. The van der Waals surface area contributed by atoms with Crippen LogP contribution in [0.15, 0.2) is 47.4 Å². The van der Waals surface area contributed by atoms with E-state index >= 15 is 0 Å². The van der Waals surface area contributed by atoms with Crippen LogP contribution < -0.4 is 15.4 Å². The Kier molecular flexibility index (Phi) is 7.00. The zero-order chi connectivity index (χ0) is 18.7. The number of hydrogen-bond donors (Lipinski definition) is 3. The number of carbonyl (C=O) groups excluding carboxylic acids is 1. The minimum absolute atomic E-state index is 0. The average Bonchev–Trinajstić information content (AvgIpc) is 2.61. The average molecular weight is 410 g/mol. The Bertz CT molecular complexity index is 932. The molecule has 0 aliphatic carbocycles. The molecule has 2 aromatic rings. The van der Waals surface area contributed by atoms with Crippen LogP contribution in [0, 0.1) is 6.92 Å². The standard InChI is InChI=1S/C19H23N3O3S.ClH/c1-13-7-8-16(11-18(13)22-14(2)23)26(24,25)21-12-19-17-6-4-3-5-15(17)9-10-20-19;/h3-8,11,19-21H,9-10,12H2,1-2H3,(H,22,23);1H. The van der Waals surface area contributed by atoms with Crippen LogP contribution in [0.25, 0.3) is 0 Å². The second-order valence-electron chi connectivity index (χ2n) is 6.47. The van der Waals surface area contributed by atoms with E-state index in [1.54, 1.807) is 12.1 Å². The van der Waals surface area contributed by atoms with Crippen LogP contribution in [-0.4, -0.2) is 27.4 Å². The van der Waals surface area contributed by atoms with E-state index in [0.717, 1.165) is 24.1 Å². The number of hydrogen-bond acceptors (Lipinski definition) is 4. The van der Waals surface area contributed by atoms with Gasteiger partial charge in [-0.25, -0.2) is 13.1 Å². The van der Waals surface area contributed by atoms with Gasteiger partial charge in [-0.3, -0.25) is 4.79 Å². The number of fused-ring (bicyclic) bond motifs is 1. The zero-order valence-electron chi connectivity index (χ0n) is 15.3. The van der Waals surface area contributed by atoms with E-state index in [2.05, 4.69) is 21.4 Å². The number of carbonyl (C=O) groups is 1. The van der Waals surface area contributed by atoms with Crippen LogP contribution in [0.2, 0.25) is 0 Å². The lowest BCUT2D eigenvalue weighted by molar-refractivity contribution is -0.114. The monoisotopic (exact) mass is 409 g/mol. The largest absolute Gasteiger partial charge is 0.326 e. The number of sulfonamides is 1. The number of aryl methyl sites for hydroxylation is 1. The quantitative estimate of drug-likeness (QED) is 0.708. The summed E-state index contributed by atoms with van der Waals surface area (Å²) in [6.07, 6.45) is 0.942. The topological polar surface area (TPSA) is 87.3 Å². The second kappa shape index (κ2) is 8.84. The summed E-state index contributed by atoms with van der Waals surface area (Å²) in [5.74, 6) is -0.237. The second-order valence-corrected chi connectivity index (χ2v) is 8.23. The van der Waals surface area contributed by atoms with Gasteiger partial charge in [-0.05, 0) is 48.7 Å². The molecule has 1 amide bonds. The third-order valence-corrected chi connectivity index (χ3v) is 5.94. The first-order chi connectivity index (χ1) is 12.4. The maximum Gasteiger partial charge on any atom is 0.240 e. The Morgan fingerprint density at radius 3 is 2.70 bits per heavy atom. The first-order valence-electron chi connectivity index (χ1n) is 8.56. The summed E-state index contributed by atoms with van der Waals surface area (Å²) in [6, 6.07) is 12.7. The Morgan fingerprint density at radius 1 is 1.22 bits per heavy atom. The van der Waals surface area contributed by atoms with Gasteiger partial charge in [0.2, 0.25) is 15.9 Å². The van der Waals surface area contributed by atoms with Crippen molar-refractivity contribution in [3.63, 3.8) is 0 Å². The van der Waals surface area contributed by atoms with Crippen LogP contribution >= 0.6 is 12.4 Å². The molecule has 8 heteroatoms. The third-order valence-electron chi connectivity index (χ3n) is 4.52. The van der Waals surface area contributed by atoms with Crippen LogP contribution in [-0.2, 0) is 21.2 Å². The van der Waals surface area contributed by atoms with E-state index in [1.807, 2.05) is 25.1 Å². The number of benzene rings is 2. The lowest BCUT2D eigenvalue weighted by Gasteiger charge is -2.27. The maximum absolute atomic E-state index is 12.7. The minimum atomic E-state index is -3.68. The highest BCUT2D eigenvalue weighted by molar-refractivity contribution is 7.89. The van der Waals surface area contributed by atoms with E-state index in [1.165, 1.54) is 18.6 Å². The van der Waals surface area contributed by atoms with Crippen molar-refractivity contribution in [2.45, 2.75) is 31.2 Å². The molecule has 1 unspecified atom stereocenters. The molecule has 0 saturated carbocycles. The molecule has 27 heavy (non-hydrogen) atoms. The van der Waals surface area contributed by atoms with Crippen molar-refractivity contribution in [2.75, 3.05) is 18.4 Å². The minimum Gasteiger partial charge on any atom is -0.326 e. The molecule has 0 aromatic heterocycles. The van der Waals surface area contributed by atoms with Crippen molar-refractivity contribution >= 4 is 34.0 Å². The number of nitrogens with one attached hydrogen (secondary N) is 3. The van der Waals surface area contributed by atoms with E-state index < -0.39 is 10.0 Å². The highest BCUT2D eigenvalue weighted by Gasteiger charge is 2.22. The molecule has 1 atom stereocenters. The van der Waals surface area contributed by atoms with Crippen molar-refractivity contribution in [2.24, 2.45) is 0 Å². The van der Waals surface area contributed by atoms with Crippen LogP contribution in [0.1, 0.15) is 29.7 Å². The molecule has 1 heterocycles. The van der Waals surface area contributed by atoms with Crippen molar-refractivity contribution in [3.05, 3.63) is 59.2 Å². The summed E-state index contributed by atoms with van der Waals surface area (Å²) in [5.41, 5.74) is 3.69. The van der Waals surface area contributed by atoms with Gasteiger partial charge in [-0.2, -0.15) is 0 Å². The van der Waals surface area contributed by atoms with Gasteiger partial charge in [0.05, 0.1) is 4.90 Å². The zero-order valence-corrected chi connectivity index (χ0v) is 16.9. The highest BCUT2D eigenvalue weighted by atomic mass is 35.5. The molecule has 3 N–H and O–H groups in total. The summed E-state index contributed by atoms with van der Waals surface area (Å²) in [4.78, 5) is 11.4. The summed E-state index contributed by atoms with van der Waals surface area (Å²) >= 11 is 0. The van der Waals surface area contributed by atoms with E-state index in [4.69, 9.17) is 0 Å². The lowest BCUT2D eigenvalue weighted by atomic mass is 9.95. The molecule has 1 aliphatic heterocycles. The van der Waals surface area contributed by atoms with Gasteiger partial charge >= 0.3 is 0 Å². The molecule has 6 nitrogen and oxygen atoms in total. The Balaban J connectivity index is 0.00000261. The summed E-state index contributed by atoms with van der Waals surface area (Å²) in [6.45, 7) is 4.30.